The summed E-state index contributed by atoms with van der Waals surface area (Å²) in [7, 11) is 6.21. The van der Waals surface area contributed by atoms with Gasteiger partial charge in [-0.05, 0) is 99.6 Å². The van der Waals surface area contributed by atoms with Gasteiger partial charge in [-0.2, -0.15) is 0 Å². The van der Waals surface area contributed by atoms with E-state index in [4.69, 9.17) is 21.1 Å². The molecular formula is C37H63ClN10O14. The van der Waals surface area contributed by atoms with Gasteiger partial charge in [0.15, 0.2) is 0 Å². The van der Waals surface area contributed by atoms with E-state index in [0.29, 0.717) is 32.2 Å². The van der Waals surface area contributed by atoms with Crippen LogP contribution in [-0.4, -0.2) is 168 Å². The third-order valence-corrected chi connectivity index (χ3v) is 7.68. The minimum atomic E-state index is -1.09. The van der Waals surface area contributed by atoms with Gasteiger partial charge in [0.25, 0.3) is 11.8 Å². The summed E-state index contributed by atoms with van der Waals surface area (Å²) >= 11 is 4.82. The zero-order valence-corrected chi connectivity index (χ0v) is 38.4. The molecule has 0 aliphatic carbocycles. The van der Waals surface area contributed by atoms with Crippen molar-refractivity contribution >= 4 is 76.5 Å². The van der Waals surface area contributed by atoms with Crippen LogP contribution in [0.1, 0.15) is 88.0 Å². The minimum absolute atomic E-state index is 0.192. The maximum Gasteiger partial charge on any atom is 0.410 e. The summed E-state index contributed by atoms with van der Waals surface area (Å²) in [6, 6.07) is -3.10. The number of hydrazine groups is 2. The molecular weight excluding hydrogens is 844 g/mol. The fourth-order valence-corrected chi connectivity index (χ4v) is 4.78. The van der Waals surface area contributed by atoms with Gasteiger partial charge in [-0.15, -0.1) is 0 Å². The number of hydrogen-bond donors (Lipinski definition) is 6. The highest BCUT2D eigenvalue weighted by Crippen LogP contribution is 2.21. The molecule has 2 saturated heterocycles. The number of hydrogen-bond acceptors (Lipinski definition) is 14. The van der Waals surface area contributed by atoms with Gasteiger partial charge in [0, 0.05) is 41.3 Å². The highest BCUT2D eigenvalue weighted by molar-refractivity contribution is 6.80. The van der Waals surface area contributed by atoms with Crippen LogP contribution < -0.4 is 32.3 Å². The average molecular weight is 907 g/mol. The van der Waals surface area contributed by atoms with Gasteiger partial charge < -0.3 is 39.5 Å². The minimum Gasteiger partial charge on any atom is -0.453 e. The number of rotatable bonds is 7. The molecule has 2 aliphatic heterocycles. The van der Waals surface area contributed by atoms with Crippen molar-refractivity contribution in [1.82, 2.24) is 51.9 Å². The standard InChI is InChI=1S/C16H27N5O6.C15H27N5O5.C6H9ClO3/c1-16(2,3)27-14(25)13(24)21-8-6-7-10(21)12(23)18-19-15(26)17-9-11(22)20(4)5;1-15(2,3)25-14(24)20-8-6-7-10(20)12(22)17-18-13(23)16-9-11(21)19(4)5;1-6(2,3)10-5(9)4(7)8/h10H,6-9H2,1-5H3,(H,18,23)(H2,17,19,26);10H,6-9H2,1-5H3,(H,17,22)(H2,16,18,23);1-3H3/t2*10-;/m00./s1. The van der Waals surface area contributed by atoms with Crippen molar-refractivity contribution in [1.29, 1.82) is 0 Å². The smallest absolute Gasteiger partial charge is 0.410 e. The lowest BCUT2D eigenvalue weighted by atomic mass is 10.2. The maximum absolute atomic E-state index is 12.2. The Balaban J connectivity index is 0.000000988. The summed E-state index contributed by atoms with van der Waals surface area (Å²) < 4.78 is 14.9. The third-order valence-electron chi connectivity index (χ3n) is 7.53. The van der Waals surface area contributed by atoms with Gasteiger partial charge in [0.1, 0.15) is 28.9 Å². The Hall–Kier alpha value is -5.94. The quantitative estimate of drug-likeness (QED) is 0.0625. The lowest BCUT2D eigenvalue weighted by Gasteiger charge is -2.28. The van der Waals surface area contributed by atoms with Crippen LogP contribution in [0.3, 0.4) is 0 Å². The predicted molar refractivity (Wildman–Crippen MR) is 220 cm³/mol. The monoisotopic (exact) mass is 906 g/mol. The fourth-order valence-electron chi connectivity index (χ4n) is 4.74. The van der Waals surface area contributed by atoms with Crippen LogP contribution >= 0.6 is 11.6 Å². The van der Waals surface area contributed by atoms with Crippen LogP contribution in [0.25, 0.3) is 0 Å². The Kier molecular flexibility index (Phi) is 22.7. The fraction of sp³-hybridized carbons (Fsp3) is 0.703. The predicted octanol–water partition coefficient (Wildman–Crippen LogP) is -0.364. The molecule has 2 rings (SSSR count). The molecule has 0 saturated carbocycles. The number of esters is 2. The Morgan fingerprint density at radius 2 is 0.903 bits per heavy atom. The second kappa shape index (κ2) is 25.1. The van der Waals surface area contributed by atoms with Crippen molar-refractivity contribution in [2.24, 2.45) is 0 Å². The zero-order chi connectivity index (χ0) is 48.3. The first-order valence-corrected chi connectivity index (χ1v) is 19.7. The molecule has 352 valence electrons. The number of carbonyl (C=O) groups excluding carboxylic acids is 11. The molecule has 0 spiro atoms. The highest BCUT2D eigenvalue weighted by Gasteiger charge is 2.39. The van der Waals surface area contributed by atoms with Crippen molar-refractivity contribution < 1.29 is 67.0 Å². The number of nitrogens with one attached hydrogen (secondary N) is 6. The molecule has 2 atom stereocenters. The third kappa shape index (κ3) is 23.2. The van der Waals surface area contributed by atoms with E-state index >= 15 is 0 Å². The van der Waals surface area contributed by atoms with E-state index in [1.165, 1.54) is 14.7 Å². The largest absolute Gasteiger partial charge is 0.453 e. The van der Waals surface area contributed by atoms with E-state index in [-0.39, 0.29) is 31.4 Å². The van der Waals surface area contributed by atoms with Crippen molar-refractivity contribution in [3.63, 3.8) is 0 Å². The van der Waals surface area contributed by atoms with Crippen molar-refractivity contribution in [2.45, 2.75) is 117 Å². The van der Waals surface area contributed by atoms with Gasteiger partial charge in [-0.25, -0.2) is 34.8 Å². The van der Waals surface area contributed by atoms with Gasteiger partial charge >= 0.3 is 41.2 Å². The van der Waals surface area contributed by atoms with Gasteiger partial charge in [-0.3, -0.25) is 44.5 Å². The number of nitrogens with zero attached hydrogens (tertiary/aromatic N) is 4. The Labute approximate surface area is 366 Å². The topological polar surface area (TPSA) is 301 Å². The van der Waals surface area contributed by atoms with Crippen molar-refractivity contribution in [3.05, 3.63) is 0 Å². The summed E-state index contributed by atoms with van der Waals surface area (Å²) in [4.78, 5) is 132. The maximum atomic E-state index is 12.2. The Morgan fingerprint density at radius 3 is 1.24 bits per heavy atom. The van der Waals surface area contributed by atoms with E-state index in [1.54, 1.807) is 90.5 Å². The van der Waals surface area contributed by atoms with Crippen molar-refractivity contribution in [2.75, 3.05) is 54.4 Å². The molecule has 0 aromatic carbocycles. The SMILES string of the molecule is CC(C)(C)OC(=O)C(=O)Cl.CN(C)C(=O)CNC(=O)NNC(=O)[C@@H]1CCCN1C(=O)C(=O)OC(C)(C)C.CN(C)C(=O)CNC(=O)NNC(=O)[C@@H]1CCCN1C(=O)OC(C)(C)C. The molecule has 0 bridgehead atoms. The lowest BCUT2D eigenvalue weighted by molar-refractivity contribution is -0.168. The molecule has 2 aliphatic rings. The molecule has 2 heterocycles. The van der Waals surface area contributed by atoms with Gasteiger partial charge in [0.2, 0.25) is 11.8 Å². The van der Waals surface area contributed by atoms with Crippen LogP contribution in [0, 0.1) is 0 Å². The average Bonchev–Trinajstić information content (AvgIpc) is 3.83. The van der Waals surface area contributed by atoms with Crippen LogP contribution in [0.15, 0.2) is 0 Å². The summed E-state index contributed by atoms with van der Waals surface area (Å²) in [5.41, 5.74) is 6.56. The summed E-state index contributed by atoms with van der Waals surface area (Å²) in [5, 5.41) is 3.50. The molecule has 2 fully saturated rings. The molecule has 0 radical (unpaired) electrons. The molecule has 25 heteroatoms. The highest BCUT2D eigenvalue weighted by atomic mass is 35.5. The first kappa shape index (κ1) is 56.1. The molecule has 10 amide bonds. The molecule has 62 heavy (non-hydrogen) atoms. The van der Waals surface area contributed by atoms with Crippen LogP contribution in [-0.2, 0) is 52.6 Å². The van der Waals surface area contributed by atoms with E-state index in [2.05, 4.69) is 37.1 Å². The second-order valence-corrected chi connectivity index (χ2v) is 17.3. The summed E-state index contributed by atoms with van der Waals surface area (Å²) in [6.45, 7) is 15.3. The molecule has 0 aromatic heterocycles. The van der Waals surface area contributed by atoms with E-state index < -0.39 is 81.9 Å². The number of halogens is 1. The van der Waals surface area contributed by atoms with E-state index in [1.807, 2.05) is 0 Å². The second-order valence-electron chi connectivity index (χ2n) is 16.9. The zero-order valence-electron chi connectivity index (χ0n) is 37.7. The molecule has 0 aromatic rings. The van der Waals surface area contributed by atoms with E-state index in [0.717, 1.165) is 4.90 Å². The van der Waals surface area contributed by atoms with Gasteiger partial charge in [-0.1, -0.05) is 0 Å². The molecule has 24 nitrogen and oxygen atoms in total. The number of ether oxygens (including phenoxy) is 3. The van der Waals surface area contributed by atoms with E-state index in [9.17, 15) is 52.7 Å². The number of likely N-dealkylation sites (tertiary alicyclic amines) is 2. The van der Waals surface area contributed by atoms with Crippen LogP contribution in [0.5, 0.6) is 0 Å². The molecule has 0 unspecified atom stereocenters. The number of carbonyl (C=O) groups is 11. The molecule has 6 N–H and O–H groups in total. The normalized spacial score (nSPS) is 15.6. The Bertz CT molecular complexity index is 1650. The first-order chi connectivity index (χ1) is 28.3. The number of amides is 10. The number of likely N-dealkylation sites (N-methyl/N-ethyl adjacent to an activating group) is 2. The number of urea groups is 2. The summed E-state index contributed by atoms with van der Waals surface area (Å²) in [6.07, 6.45) is 1.47. The first-order valence-electron chi connectivity index (χ1n) is 19.3. The van der Waals surface area contributed by atoms with Crippen molar-refractivity contribution in [3.8, 4) is 0 Å². The van der Waals surface area contributed by atoms with Crippen LogP contribution in [0.4, 0.5) is 14.4 Å². The van der Waals surface area contributed by atoms with Crippen LogP contribution in [0.2, 0.25) is 0 Å². The Morgan fingerprint density at radius 1 is 0.548 bits per heavy atom. The van der Waals surface area contributed by atoms with Gasteiger partial charge in [0.05, 0.1) is 13.1 Å². The lowest BCUT2D eigenvalue weighted by Crippen LogP contribution is -2.55. The summed E-state index contributed by atoms with van der Waals surface area (Å²) in [5.74, 6) is -4.70.